The third-order valence-electron chi connectivity index (χ3n) is 3.93. The largest absolute Gasteiger partial charge is 0.313 e. The van der Waals surface area contributed by atoms with Gasteiger partial charge in [-0.05, 0) is 36.1 Å². The van der Waals surface area contributed by atoms with Gasteiger partial charge in [-0.1, -0.05) is 39.8 Å². The minimum Gasteiger partial charge on any atom is -0.313 e. The van der Waals surface area contributed by atoms with Gasteiger partial charge in [0.2, 0.25) is 0 Å². The van der Waals surface area contributed by atoms with Crippen LogP contribution in [0.25, 0.3) is 0 Å². The Morgan fingerprint density at radius 2 is 1.94 bits per heavy atom. The highest BCUT2D eigenvalue weighted by atomic mass is 32.2. The first kappa shape index (κ1) is 13.0. The van der Waals surface area contributed by atoms with E-state index in [1.165, 1.54) is 16.0 Å². The molecule has 1 aromatic carbocycles. The van der Waals surface area contributed by atoms with E-state index in [1.807, 2.05) is 11.8 Å². The van der Waals surface area contributed by atoms with Gasteiger partial charge in [0.15, 0.2) is 0 Å². The summed E-state index contributed by atoms with van der Waals surface area (Å²) >= 11 is 2.02. The standard InChI is InChI=1S/C15H23NS/c1-9(2)12-6-7-14-13(8-12)15(16-5)10(3)11(4)17-14/h6-11,15-16H,1-5H3. The summed E-state index contributed by atoms with van der Waals surface area (Å²) in [6.07, 6.45) is 0. The van der Waals surface area contributed by atoms with Gasteiger partial charge in [-0.3, -0.25) is 0 Å². The van der Waals surface area contributed by atoms with Crippen LogP contribution in [0.5, 0.6) is 0 Å². The van der Waals surface area contributed by atoms with Gasteiger partial charge in [-0.2, -0.15) is 0 Å². The number of benzene rings is 1. The van der Waals surface area contributed by atoms with Crippen LogP contribution in [-0.4, -0.2) is 12.3 Å². The molecule has 94 valence electrons. The molecule has 0 fully saturated rings. The van der Waals surface area contributed by atoms with E-state index < -0.39 is 0 Å². The van der Waals surface area contributed by atoms with E-state index in [9.17, 15) is 0 Å². The van der Waals surface area contributed by atoms with Crippen molar-refractivity contribution in [1.29, 1.82) is 0 Å². The van der Waals surface area contributed by atoms with E-state index in [-0.39, 0.29) is 0 Å². The van der Waals surface area contributed by atoms with Crippen LogP contribution in [0.3, 0.4) is 0 Å². The van der Waals surface area contributed by atoms with E-state index in [2.05, 4.69) is 58.3 Å². The minimum absolute atomic E-state index is 0.500. The highest BCUT2D eigenvalue weighted by Gasteiger charge is 2.31. The normalized spacial score (nSPS) is 28.2. The van der Waals surface area contributed by atoms with Crippen molar-refractivity contribution >= 4 is 11.8 Å². The molecule has 1 aliphatic heterocycles. The molecule has 0 saturated carbocycles. The zero-order valence-electron chi connectivity index (χ0n) is 11.4. The number of fused-ring (bicyclic) bond motifs is 1. The Bertz CT molecular complexity index is 400. The van der Waals surface area contributed by atoms with Gasteiger partial charge in [0.1, 0.15) is 0 Å². The maximum atomic E-state index is 3.49. The second-order valence-electron chi connectivity index (χ2n) is 5.40. The molecule has 1 aliphatic rings. The van der Waals surface area contributed by atoms with Crippen LogP contribution in [-0.2, 0) is 0 Å². The molecular formula is C15H23NS. The van der Waals surface area contributed by atoms with Crippen molar-refractivity contribution < 1.29 is 0 Å². The van der Waals surface area contributed by atoms with Crippen LogP contribution in [0.4, 0.5) is 0 Å². The molecular weight excluding hydrogens is 226 g/mol. The molecule has 1 nitrogen and oxygen atoms in total. The topological polar surface area (TPSA) is 12.0 Å². The molecule has 1 heterocycles. The summed E-state index contributed by atoms with van der Waals surface area (Å²) in [6, 6.07) is 7.49. The third-order valence-corrected chi connectivity index (χ3v) is 5.35. The first-order valence-electron chi connectivity index (χ1n) is 6.52. The molecule has 0 saturated heterocycles. The lowest BCUT2D eigenvalue weighted by atomic mass is 9.89. The van der Waals surface area contributed by atoms with Gasteiger partial charge in [-0.25, -0.2) is 0 Å². The molecule has 0 radical (unpaired) electrons. The van der Waals surface area contributed by atoms with E-state index in [0.29, 0.717) is 23.1 Å². The molecule has 0 amide bonds. The second kappa shape index (κ2) is 5.03. The van der Waals surface area contributed by atoms with Crippen LogP contribution in [0.1, 0.15) is 50.8 Å². The van der Waals surface area contributed by atoms with Crippen LogP contribution in [0.2, 0.25) is 0 Å². The fourth-order valence-electron chi connectivity index (χ4n) is 2.56. The highest BCUT2D eigenvalue weighted by Crippen LogP contribution is 2.44. The summed E-state index contributed by atoms with van der Waals surface area (Å²) in [4.78, 5) is 1.46. The fourth-order valence-corrected chi connectivity index (χ4v) is 3.80. The number of nitrogens with one attached hydrogen (secondary N) is 1. The van der Waals surface area contributed by atoms with Gasteiger partial charge in [0.05, 0.1) is 0 Å². The minimum atomic E-state index is 0.500. The molecule has 0 aliphatic carbocycles. The highest BCUT2D eigenvalue weighted by molar-refractivity contribution is 8.00. The molecule has 1 N–H and O–H groups in total. The average Bonchev–Trinajstić information content (AvgIpc) is 2.30. The molecule has 2 heteroatoms. The van der Waals surface area contributed by atoms with Crippen LogP contribution in [0, 0.1) is 5.92 Å². The summed E-state index contributed by atoms with van der Waals surface area (Å²) < 4.78 is 0. The van der Waals surface area contributed by atoms with Gasteiger partial charge < -0.3 is 5.32 Å². The van der Waals surface area contributed by atoms with Crippen molar-refractivity contribution in [1.82, 2.24) is 5.32 Å². The number of hydrogen-bond donors (Lipinski definition) is 1. The molecule has 0 bridgehead atoms. The zero-order chi connectivity index (χ0) is 12.6. The quantitative estimate of drug-likeness (QED) is 0.843. The predicted molar refractivity (Wildman–Crippen MR) is 76.8 cm³/mol. The van der Waals surface area contributed by atoms with Crippen molar-refractivity contribution in [2.75, 3.05) is 7.05 Å². The van der Waals surface area contributed by atoms with Gasteiger partial charge in [0, 0.05) is 16.2 Å². The first-order valence-corrected chi connectivity index (χ1v) is 7.40. The van der Waals surface area contributed by atoms with Gasteiger partial charge in [-0.15, -0.1) is 11.8 Å². The summed E-state index contributed by atoms with van der Waals surface area (Å²) in [6.45, 7) is 9.21. The Balaban J connectivity index is 2.44. The van der Waals surface area contributed by atoms with Gasteiger partial charge in [0.25, 0.3) is 0 Å². The van der Waals surface area contributed by atoms with E-state index in [0.717, 1.165) is 0 Å². The monoisotopic (exact) mass is 249 g/mol. The Hall–Kier alpha value is -0.470. The summed E-state index contributed by atoms with van der Waals surface area (Å²) in [5.74, 6) is 1.29. The first-order chi connectivity index (χ1) is 8.04. The second-order valence-corrected chi connectivity index (χ2v) is 6.82. The van der Waals surface area contributed by atoms with E-state index in [1.54, 1.807) is 0 Å². The van der Waals surface area contributed by atoms with Crippen LogP contribution in [0.15, 0.2) is 23.1 Å². The number of rotatable bonds is 2. The van der Waals surface area contributed by atoms with Gasteiger partial charge >= 0.3 is 0 Å². The Kier molecular flexibility index (Phi) is 3.84. The predicted octanol–water partition coefficient (Wildman–Crippen LogP) is 4.20. The lowest BCUT2D eigenvalue weighted by Crippen LogP contribution is -2.32. The van der Waals surface area contributed by atoms with Crippen molar-refractivity contribution in [2.24, 2.45) is 5.92 Å². The molecule has 0 spiro atoms. The average molecular weight is 249 g/mol. The molecule has 3 unspecified atom stereocenters. The van der Waals surface area contributed by atoms with E-state index >= 15 is 0 Å². The summed E-state index contributed by atoms with van der Waals surface area (Å²) in [5, 5.41) is 4.18. The number of hydrogen-bond acceptors (Lipinski definition) is 2. The Labute approximate surface area is 109 Å². The maximum absolute atomic E-state index is 3.49. The Morgan fingerprint density at radius 1 is 1.24 bits per heavy atom. The molecule has 1 aromatic rings. The lowest BCUT2D eigenvalue weighted by Gasteiger charge is -2.36. The Morgan fingerprint density at radius 3 is 2.53 bits per heavy atom. The lowest BCUT2D eigenvalue weighted by molar-refractivity contribution is 0.396. The smallest absolute Gasteiger partial charge is 0.0365 e. The SMILES string of the molecule is CNC1c2cc(C(C)C)ccc2SC(C)C1C. The van der Waals surface area contributed by atoms with Crippen molar-refractivity contribution in [3.8, 4) is 0 Å². The molecule has 0 aromatic heterocycles. The molecule has 3 atom stereocenters. The van der Waals surface area contributed by atoms with Crippen LogP contribution < -0.4 is 5.32 Å². The van der Waals surface area contributed by atoms with Crippen LogP contribution >= 0.6 is 11.8 Å². The summed E-state index contributed by atoms with van der Waals surface area (Å²) in [5.41, 5.74) is 2.95. The maximum Gasteiger partial charge on any atom is 0.0365 e. The summed E-state index contributed by atoms with van der Waals surface area (Å²) in [7, 11) is 2.08. The van der Waals surface area contributed by atoms with Crippen molar-refractivity contribution in [3.05, 3.63) is 29.3 Å². The third kappa shape index (κ3) is 2.38. The fraction of sp³-hybridized carbons (Fsp3) is 0.600. The van der Waals surface area contributed by atoms with Crippen molar-refractivity contribution in [3.63, 3.8) is 0 Å². The molecule has 17 heavy (non-hydrogen) atoms. The zero-order valence-corrected chi connectivity index (χ0v) is 12.3. The van der Waals surface area contributed by atoms with E-state index in [4.69, 9.17) is 0 Å². The van der Waals surface area contributed by atoms with Crippen molar-refractivity contribution in [2.45, 2.75) is 49.8 Å². The molecule has 2 rings (SSSR count). The number of thioether (sulfide) groups is 1.